The Morgan fingerprint density at radius 2 is 1.76 bits per heavy atom. The lowest BCUT2D eigenvalue weighted by Gasteiger charge is -2.08. The van der Waals surface area contributed by atoms with E-state index in [9.17, 15) is 30.0 Å². The number of carboxylic acid groups (broad SMARTS) is 1. The molecule has 0 fully saturated rings. The minimum atomic E-state index is -1.28. The van der Waals surface area contributed by atoms with Crippen LogP contribution < -0.4 is 0 Å². The summed E-state index contributed by atoms with van der Waals surface area (Å²) in [4.78, 5) is 31.9. The van der Waals surface area contributed by atoms with Gasteiger partial charge in [0.1, 0.15) is 15.5 Å². The van der Waals surface area contributed by atoms with E-state index >= 15 is 0 Å². The van der Waals surface area contributed by atoms with Crippen LogP contribution in [0.15, 0.2) is 48.7 Å². The number of aryl methyl sites for hydroxylation is 1. The number of hydrogen-bond donors (Lipinski definition) is 6. The number of nitrogens with one attached hydrogen (secondary N) is 2. The zero-order valence-electron chi connectivity index (χ0n) is 20.0. The van der Waals surface area contributed by atoms with Crippen LogP contribution in [0.4, 0.5) is 0 Å². The van der Waals surface area contributed by atoms with Gasteiger partial charge in [-0.2, -0.15) is 0 Å². The summed E-state index contributed by atoms with van der Waals surface area (Å²) in [6.07, 6.45) is 3.08. The van der Waals surface area contributed by atoms with E-state index < -0.39 is 24.1 Å². The molecule has 1 unspecified atom stereocenters. The van der Waals surface area contributed by atoms with E-state index in [0.717, 1.165) is 35.3 Å². The number of para-hydroxylation sites is 2. The number of aromatic amines is 2. The normalized spacial score (nSPS) is 12.4. The van der Waals surface area contributed by atoms with Gasteiger partial charge < -0.3 is 30.4 Å². The van der Waals surface area contributed by atoms with Crippen LogP contribution in [0.3, 0.4) is 0 Å². The number of thiophene rings is 1. The Morgan fingerprint density at radius 3 is 2.49 bits per heavy atom. The Labute approximate surface area is 215 Å². The molecule has 1 atom stereocenters. The number of aromatic nitrogens is 2. The fourth-order valence-electron chi connectivity index (χ4n) is 4.79. The highest BCUT2D eigenvalue weighted by atomic mass is 32.1. The molecule has 2 aromatic carbocycles. The Kier molecular flexibility index (Phi) is 6.59. The maximum Gasteiger partial charge on any atom is 0.346 e. The number of carbonyl (C=O) groups excluding carboxylic acids is 1. The smallest absolute Gasteiger partial charge is 0.346 e. The van der Waals surface area contributed by atoms with Gasteiger partial charge in [-0.15, -0.1) is 11.3 Å². The lowest BCUT2D eigenvalue weighted by Crippen LogP contribution is -2.02. The number of rotatable bonds is 9. The van der Waals surface area contributed by atoms with Gasteiger partial charge in [0.25, 0.3) is 0 Å². The lowest BCUT2D eigenvalue weighted by atomic mass is 9.98. The number of aromatic carboxylic acids is 1. The molecule has 0 aliphatic heterocycles. The van der Waals surface area contributed by atoms with Crippen molar-refractivity contribution in [3.8, 4) is 16.9 Å². The van der Waals surface area contributed by atoms with E-state index in [2.05, 4.69) is 9.97 Å². The molecule has 0 saturated heterocycles. The van der Waals surface area contributed by atoms with Gasteiger partial charge in [-0.25, -0.2) is 4.79 Å². The molecule has 9 heteroatoms. The molecule has 0 radical (unpaired) electrons. The number of carbonyl (C=O) groups is 2. The van der Waals surface area contributed by atoms with Crippen molar-refractivity contribution >= 4 is 44.9 Å². The number of aromatic hydroxyl groups is 1. The minimum absolute atomic E-state index is 0.0147. The van der Waals surface area contributed by atoms with Crippen LogP contribution in [0.5, 0.6) is 5.75 Å². The maximum absolute atomic E-state index is 13.7. The van der Waals surface area contributed by atoms with Gasteiger partial charge in [0, 0.05) is 51.4 Å². The van der Waals surface area contributed by atoms with Crippen molar-refractivity contribution in [3.63, 3.8) is 0 Å². The average molecular weight is 519 g/mol. The molecule has 0 saturated carbocycles. The topological polar surface area (TPSA) is 147 Å². The van der Waals surface area contributed by atoms with Crippen LogP contribution >= 0.6 is 11.3 Å². The zero-order chi connectivity index (χ0) is 26.3. The largest absolute Gasteiger partial charge is 0.506 e. The summed E-state index contributed by atoms with van der Waals surface area (Å²) in [5, 5.41) is 41.9. The van der Waals surface area contributed by atoms with Gasteiger partial charge in [0.15, 0.2) is 0 Å². The van der Waals surface area contributed by atoms with Gasteiger partial charge in [0.05, 0.1) is 12.2 Å². The van der Waals surface area contributed by atoms with E-state index in [1.165, 1.54) is 0 Å². The monoisotopic (exact) mass is 518 g/mol. The number of carboxylic acids is 1. The van der Waals surface area contributed by atoms with Gasteiger partial charge in [-0.05, 0) is 30.4 Å². The molecule has 3 aromatic heterocycles. The van der Waals surface area contributed by atoms with E-state index in [1.54, 1.807) is 30.5 Å². The second kappa shape index (κ2) is 9.85. The highest BCUT2D eigenvalue weighted by molar-refractivity contribution is 7.17. The molecule has 0 amide bonds. The molecule has 3 heterocycles. The number of hydrogen-bond acceptors (Lipinski definition) is 6. The Balaban J connectivity index is 1.63. The van der Waals surface area contributed by atoms with Crippen molar-refractivity contribution < 1.29 is 30.0 Å². The molecule has 6 N–H and O–H groups in total. The van der Waals surface area contributed by atoms with Crippen molar-refractivity contribution in [3.05, 3.63) is 75.2 Å². The fourth-order valence-corrected chi connectivity index (χ4v) is 5.78. The predicted molar refractivity (Wildman–Crippen MR) is 142 cm³/mol. The van der Waals surface area contributed by atoms with E-state index in [4.69, 9.17) is 0 Å². The molecular weight excluding hydrogens is 492 g/mol. The average Bonchev–Trinajstić information content (AvgIpc) is 3.59. The first-order valence-electron chi connectivity index (χ1n) is 11.9. The Bertz CT molecular complexity index is 1640. The molecule has 0 aliphatic carbocycles. The van der Waals surface area contributed by atoms with Crippen LogP contribution in [0.2, 0.25) is 0 Å². The molecule has 0 bridgehead atoms. The molecule has 8 nitrogen and oxygen atoms in total. The molecule has 37 heavy (non-hydrogen) atoms. The van der Waals surface area contributed by atoms with Gasteiger partial charge in [-0.1, -0.05) is 43.3 Å². The van der Waals surface area contributed by atoms with Gasteiger partial charge in [0.2, 0.25) is 5.78 Å². The molecule has 190 valence electrons. The number of ketones is 1. The number of benzene rings is 2. The Morgan fingerprint density at radius 1 is 1.00 bits per heavy atom. The second-order valence-electron chi connectivity index (χ2n) is 9.17. The summed E-state index contributed by atoms with van der Waals surface area (Å²) in [5.74, 6) is -2.04. The zero-order valence-corrected chi connectivity index (χ0v) is 20.9. The predicted octanol–water partition coefficient (Wildman–Crippen LogP) is 5.07. The van der Waals surface area contributed by atoms with Gasteiger partial charge >= 0.3 is 5.97 Å². The number of aliphatic hydroxyl groups excluding tert-OH is 2. The van der Waals surface area contributed by atoms with E-state index in [-0.39, 0.29) is 27.8 Å². The Hall–Kier alpha value is -3.92. The summed E-state index contributed by atoms with van der Waals surface area (Å²) in [7, 11) is 0. The SMILES string of the molecule is CC(CO)CCc1cccc2c(C(=O)c3sc(C(=O)O)c(-c4c(CO)[nH]c5ccccc45)c3O)c[nH]c12. The van der Waals surface area contributed by atoms with Crippen LogP contribution in [0.1, 0.15) is 49.5 Å². The van der Waals surface area contributed by atoms with Crippen molar-refractivity contribution in [2.75, 3.05) is 6.61 Å². The molecule has 5 aromatic rings. The summed E-state index contributed by atoms with van der Waals surface area (Å²) in [6, 6.07) is 12.8. The van der Waals surface area contributed by atoms with Crippen LogP contribution in [-0.2, 0) is 13.0 Å². The summed E-state index contributed by atoms with van der Waals surface area (Å²) in [6.45, 7) is 1.67. The number of aliphatic hydroxyl groups is 2. The lowest BCUT2D eigenvalue weighted by molar-refractivity contribution is 0.0702. The number of H-pyrrole nitrogens is 2. The molecule has 0 spiro atoms. The van der Waals surface area contributed by atoms with Crippen molar-refractivity contribution in [1.82, 2.24) is 9.97 Å². The highest BCUT2D eigenvalue weighted by Gasteiger charge is 2.31. The van der Waals surface area contributed by atoms with Crippen LogP contribution in [0, 0.1) is 5.92 Å². The highest BCUT2D eigenvalue weighted by Crippen LogP contribution is 2.47. The molecule has 5 rings (SSSR count). The maximum atomic E-state index is 13.7. The summed E-state index contributed by atoms with van der Waals surface area (Å²) >= 11 is 0.720. The summed E-state index contributed by atoms with van der Waals surface area (Å²) in [5.41, 5.74) is 3.54. The standard InChI is InChI=1S/C28H26N2O6S/c1-14(12-31)9-10-15-5-4-7-16-18(11-29-23(15)16)24(33)27-25(34)22(26(37-27)28(35)36)21-17-6-2-3-8-19(17)30-20(21)13-32/h2-8,11,14,29-32,34H,9-10,12-13H2,1H3,(H,35,36). The van der Waals surface area contributed by atoms with E-state index in [1.807, 2.05) is 25.1 Å². The van der Waals surface area contributed by atoms with Crippen molar-refractivity contribution in [1.29, 1.82) is 0 Å². The van der Waals surface area contributed by atoms with Crippen LogP contribution in [-0.4, -0.2) is 48.8 Å². The van der Waals surface area contributed by atoms with E-state index in [0.29, 0.717) is 33.1 Å². The van der Waals surface area contributed by atoms with Crippen molar-refractivity contribution in [2.45, 2.75) is 26.4 Å². The third-order valence-corrected chi connectivity index (χ3v) is 7.91. The van der Waals surface area contributed by atoms with Crippen LogP contribution in [0.25, 0.3) is 32.9 Å². The third-order valence-electron chi connectivity index (χ3n) is 6.74. The summed E-state index contributed by atoms with van der Waals surface area (Å²) < 4.78 is 0. The fraction of sp³-hybridized carbons (Fsp3) is 0.214. The van der Waals surface area contributed by atoms with Gasteiger partial charge in [-0.3, -0.25) is 4.79 Å². The quantitative estimate of drug-likeness (QED) is 0.150. The third kappa shape index (κ3) is 4.21. The first-order chi connectivity index (χ1) is 17.8. The first kappa shape index (κ1) is 24.8. The first-order valence-corrected chi connectivity index (χ1v) is 12.7. The van der Waals surface area contributed by atoms with Crippen molar-refractivity contribution in [2.24, 2.45) is 5.92 Å². The molecule has 0 aliphatic rings. The molecular formula is C28H26N2O6S. The number of fused-ring (bicyclic) bond motifs is 2. The second-order valence-corrected chi connectivity index (χ2v) is 10.2. The minimum Gasteiger partial charge on any atom is -0.506 e.